The second-order valence-corrected chi connectivity index (χ2v) is 5.96. The van der Waals surface area contributed by atoms with E-state index < -0.39 is 23.6 Å². The highest BCUT2D eigenvalue weighted by Crippen LogP contribution is 2.37. The van der Waals surface area contributed by atoms with Gasteiger partial charge in [0, 0.05) is 18.2 Å². The van der Waals surface area contributed by atoms with Crippen LogP contribution in [0.1, 0.15) is 22.8 Å². The van der Waals surface area contributed by atoms with E-state index in [0.29, 0.717) is 0 Å². The van der Waals surface area contributed by atoms with Gasteiger partial charge in [-0.1, -0.05) is 30.3 Å². The highest BCUT2D eigenvalue weighted by molar-refractivity contribution is 6.07. The summed E-state index contributed by atoms with van der Waals surface area (Å²) in [5.74, 6) is -1.14. The quantitative estimate of drug-likeness (QED) is 0.674. The van der Waals surface area contributed by atoms with Gasteiger partial charge in [-0.05, 0) is 41.1 Å². The van der Waals surface area contributed by atoms with Gasteiger partial charge in [0.15, 0.2) is 0 Å². The van der Waals surface area contributed by atoms with Crippen LogP contribution in [0.25, 0.3) is 10.8 Å². The van der Waals surface area contributed by atoms with Crippen LogP contribution in [0.5, 0.6) is 0 Å². The predicted molar refractivity (Wildman–Crippen MR) is 97.6 cm³/mol. The lowest BCUT2D eigenvalue weighted by Crippen LogP contribution is -2.17. The molecule has 0 aromatic heterocycles. The Labute approximate surface area is 153 Å². The van der Waals surface area contributed by atoms with E-state index in [-0.39, 0.29) is 16.9 Å². The van der Waals surface area contributed by atoms with Gasteiger partial charge < -0.3 is 10.6 Å². The number of hydrogen-bond donors (Lipinski definition) is 2. The molecule has 3 aromatic rings. The fourth-order valence-electron chi connectivity index (χ4n) is 2.69. The van der Waals surface area contributed by atoms with Crippen molar-refractivity contribution in [1.82, 2.24) is 0 Å². The Kier molecular flexibility index (Phi) is 4.85. The Balaban J connectivity index is 1.93. The molecule has 0 bridgehead atoms. The second-order valence-electron chi connectivity index (χ2n) is 5.96. The number of carbonyl (C=O) groups is 2. The molecule has 0 fully saturated rings. The number of benzene rings is 3. The first kappa shape index (κ1) is 18.4. The molecule has 0 saturated carbocycles. The molecule has 138 valence electrons. The molecule has 7 heteroatoms. The summed E-state index contributed by atoms with van der Waals surface area (Å²) in [6, 6.07) is 15.5. The number of hydrogen-bond acceptors (Lipinski definition) is 2. The third-order valence-electron chi connectivity index (χ3n) is 3.91. The molecule has 2 N–H and O–H groups in total. The molecule has 27 heavy (non-hydrogen) atoms. The van der Waals surface area contributed by atoms with E-state index in [1.165, 1.54) is 13.0 Å². The minimum absolute atomic E-state index is 0.00136. The molecule has 4 nitrogen and oxygen atoms in total. The van der Waals surface area contributed by atoms with E-state index in [2.05, 4.69) is 10.6 Å². The zero-order chi connectivity index (χ0) is 19.6. The smallest absolute Gasteiger partial charge is 0.326 e. The van der Waals surface area contributed by atoms with Gasteiger partial charge >= 0.3 is 6.18 Å². The maximum atomic E-state index is 13.4. The summed E-state index contributed by atoms with van der Waals surface area (Å²) in [5.41, 5.74) is -1.18. The van der Waals surface area contributed by atoms with Crippen LogP contribution in [-0.2, 0) is 11.0 Å². The number of anilines is 2. The summed E-state index contributed by atoms with van der Waals surface area (Å²) >= 11 is 0. The number of nitrogens with one attached hydrogen (secondary N) is 2. The van der Waals surface area contributed by atoms with E-state index in [1.807, 2.05) is 24.3 Å². The predicted octanol–water partition coefficient (Wildman–Crippen LogP) is 5.07. The highest BCUT2D eigenvalue weighted by atomic mass is 19.4. The van der Waals surface area contributed by atoms with Gasteiger partial charge in [0.25, 0.3) is 5.91 Å². The average molecular weight is 372 g/mol. The summed E-state index contributed by atoms with van der Waals surface area (Å²) in [4.78, 5) is 23.5. The third-order valence-corrected chi connectivity index (χ3v) is 3.91. The van der Waals surface area contributed by atoms with Gasteiger partial charge in [0.1, 0.15) is 0 Å². The van der Waals surface area contributed by atoms with Crippen LogP contribution >= 0.6 is 0 Å². The molecule has 0 unspecified atom stereocenters. The molecule has 0 radical (unpaired) electrons. The van der Waals surface area contributed by atoms with Crippen molar-refractivity contribution in [2.75, 3.05) is 10.6 Å². The number of amides is 2. The Morgan fingerprint density at radius 1 is 0.852 bits per heavy atom. The van der Waals surface area contributed by atoms with E-state index in [1.54, 1.807) is 18.2 Å². The zero-order valence-electron chi connectivity index (χ0n) is 14.2. The largest absolute Gasteiger partial charge is 0.418 e. The number of rotatable bonds is 3. The van der Waals surface area contributed by atoms with Crippen molar-refractivity contribution < 1.29 is 22.8 Å². The van der Waals surface area contributed by atoms with Gasteiger partial charge in [-0.25, -0.2) is 0 Å². The molecule has 0 aliphatic heterocycles. The van der Waals surface area contributed by atoms with Gasteiger partial charge in [-0.15, -0.1) is 0 Å². The Hall–Kier alpha value is -3.35. The van der Waals surface area contributed by atoms with Gasteiger partial charge in [0.05, 0.1) is 11.3 Å². The highest BCUT2D eigenvalue weighted by Gasteiger charge is 2.34. The molecule has 0 aliphatic carbocycles. The lowest BCUT2D eigenvalue weighted by atomic mass is 10.1. The van der Waals surface area contributed by atoms with Crippen molar-refractivity contribution in [1.29, 1.82) is 0 Å². The summed E-state index contributed by atoms with van der Waals surface area (Å²) in [6.45, 7) is 1.20. The Bertz CT molecular complexity index is 1030. The van der Waals surface area contributed by atoms with Gasteiger partial charge in [-0.2, -0.15) is 13.2 Å². The Morgan fingerprint density at radius 3 is 2.22 bits per heavy atom. The number of fused-ring (bicyclic) bond motifs is 1. The van der Waals surface area contributed by atoms with E-state index >= 15 is 0 Å². The SMILES string of the molecule is CC(=O)Nc1ccc(NC(=O)c2ccc3ccccc3c2)c(C(F)(F)F)c1. The van der Waals surface area contributed by atoms with Crippen LogP contribution in [-0.4, -0.2) is 11.8 Å². The molecular formula is C20H15F3N2O2. The Morgan fingerprint density at radius 2 is 1.56 bits per heavy atom. The number of alkyl halides is 3. The first-order valence-electron chi connectivity index (χ1n) is 8.03. The van der Waals surface area contributed by atoms with Crippen molar-refractivity contribution in [2.24, 2.45) is 0 Å². The van der Waals surface area contributed by atoms with Gasteiger partial charge in [-0.3, -0.25) is 9.59 Å². The monoisotopic (exact) mass is 372 g/mol. The number of halogens is 3. The lowest BCUT2D eigenvalue weighted by Gasteiger charge is -2.15. The number of carbonyl (C=O) groups excluding carboxylic acids is 2. The minimum atomic E-state index is -4.69. The zero-order valence-corrected chi connectivity index (χ0v) is 14.2. The molecule has 0 atom stereocenters. The molecule has 0 saturated heterocycles. The minimum Gasteiger partial charge on any atom is -0.326 e. The van der Waals surface area contributed by atoms with Crippen molar-refractivity contribution >= 4 is 34.0 Å². The fourth-order valence-corrected chi connectivity index (χ4v) is 2.69. The van der Waals surface area contributed by atoms with Crippen molar-refractivity contribution in [3.05, 3.63) is 71.8 Å². The maximum absolute atomic E-state index is 13.4. The lowest BCUT2D eigenvalue weighted by molar-refractivity contribution is -0.137. The summed E-state index contributed by atoms with van der Waals surface area (Å²) in [5, 5.41) is 6.33. The molecule has 3 aromatic carbocycles. The van der Waals surface area contributed by atoms with E-state index in [4.69, 9.17) is 0 Å². The molecule has 3 rings (SSSR count). The third kappa shape index (κ3) is 4.25. The van der Waals surface area contributed by atoms with Crippen LogP contribution in [0.3, 0.4) is 0 Å². The standard InChI is InChI=1S/C20H15F3N2O2/c1-12(26)24-16-8-9-18(17(11-16)20(21,22)23)25-19(27)15-7-6-13-4-2-3-5-14(13)10-15/h2-11H,1H3,(H,24,26)(H,25,27). The topological polar surface area (TPSA) is 58.2 Å². The molecule has 0 spiro atoms. The average Bonchev–Trinajstić information content (AvgIpc) is 2.61. The second kappa shape index (κ2) is 7.11. The van der Waals surface area contributed by atoms with Crippen LogP contribution in [0, 0.1) is 0 Å². The van der Waals surface area contributed by atoms with E-state index in [9.17, 15) is 22.8 Å². The van der Waals surface area contributed by atoms with Crippen LogP contribution in [0.4, 0.5) is 24.5 Å². The van der Waals surface area contributed by atoms with Crippen molar-refractivity contribution in [3.63, 3.8) is 0 Å². The fraction of sp³-hybridized carbons (Fsp3) is 0.100. The van der Waals surface area contributed by atoms with E-state index in [0.717, 1.165) is 22.9 Å². The normalized spacial score (nSPS) is 11.3. The summed E-state index contributed by atoms with van der Waals surface area (Å²) in [7, 11) is 0. The first-order valence-corrected chi connectivity index (χ1v) is 8.03. The molecule has 0 aliphatic rings. The van der Waals surface area contributed by atoms with Crippen LogP contribution in [0.2, 0.25) is 0 Å². The summed E-state index contributed by atoms with van der Waals surface area (Å²) in [6.07, 6.45) is -4.69. The van der Waals surface area contributed by atoms with Crippen LogP contribution in [0.15, 0.2) is 60.7 Å². The molecule has 2 amide bonds. The maximum Gasteiger partial charge on any atom is 0.418 e. The van der Waals surface area contributed by atoms with Gasteiger partial charge in [0.2, 0.25) is 5.91 Å². The first-order chi connectivity index (χ1) is 12.7. The summed E-state index contributed by atoms with van der Waals surface area (Å²) < 4.78 is 40.1. The van der Waals surface area contributed by atoms with Crippen molar-refractivity contribution in [3.8, 4) is 0 Å². The van der Waals surface area contributed by atoms with Crippen LogP contribution < -0.4 is 10.6 Å². The molecular weight excluding hydrogens is 357 g/mol. The van der Waals surface area contributed by atoms with Crippen molar-refractivity contribution in [2.45, 2.75) is 13.1 Å². The molecule has 0 heterocycles.